The Morgan fingerprint density at radius 2 is 1.55 bits per heavy atom. The molecular weight excluding hydrogens is 507 g/mol. The molecule has 0 aliphatic rings. The van der Waals surface area contributed by atoms with Crippen molar-refractivity contribution in [2.24, 2.45) is 0 Å². The van der Waals surface area contributed by atoms with Crippen LogP contribution in [0.15, 0.2) is 59.5 Å². The van der Waals surface area contributed by atoms with E-state index in [1.165, 1.54) is 30.3 Å². The number of hydrogen-bond acceptors (Lipinski definition) is 4. The van der Waals surface area contributed by atoms with E-state index in [0.717, 1.165) is 11.1 Å². The molecule has 1 amide bonds. The molecule has 6 nitrogen and oxygen atoms in total. The maximum atomic E-state index is 12.7. The Balaban J connectivity index is 1.67. The van der Waals surface area contributed by atoms with Gasteiger partial charge in [0.05, 0.1) is 20.6 Å². The second kappa shape index (κ2) is 10.2. The van der Waals surface area contributed by atoms with Crippen LogP contribution in [0.5, 0.6) is 5.75 Å². The third-order valence-electron chi connectivity index (χ3n) is 4.72. The lowest BCUT2D eigenvalue weighted by atomic mass is 10.1. The molecule has 33 heavy (non-hydrogen) atoms. The number of carbonyl (C=O) groups excluding carboxylic acids is 1. The number of anilines is 2. The van der Waals surface area contributed by atoms with Crippen molar-refractivity contribution in [2.75, 3.05) is 10.0 Å². The zero-order chi connectivity index (χ0) is 24.3. The lowest BCUT2D eigenvalue weighted by Gasteiger charge is -2.16. The largest absolute Gasteiger partial charge is 0.481 e. The van der Waals surface area contributed by atoms with Gasteiger partial charge in [-0.1, -0.05) is 40.9 Å². The molecule has 0 spiro atoms. The fourth-order valence-corrected chi connectivity index (χ4v) is 4.56. The monoisotopic (exact) mass is 526 g/mol. The van der Waals surface area contributed by atoms with Gasteiger partial charge < -0.3 is 10.1 Å². The number of halogens is 3. The molecule has 0 aliphatic carbocycles. The number of benzene rings is 3. The van der Waals surface area contributed by atoms with Crippen molar-refractivity contribution in [1.29, 1.82) is 0 Å². The fourth-order valence-electron chi connectivity index (χ4n) is 2.98. The van der Waals surface area contributed by atoms with Crippen molar-refractivity contribution < 1.29 is 17.9 Å². The summed E-state index contributed by atoms with van der Waals surface area (Å²) in [6.45, 7) is 5.33. The average molecular weight is 528 g/mol. The number of aryl methyl sites for hydroxylation is 2. The van der Waals surface area contributed by atoms with Crippen molar-refractivity contribution in [2.45, 2.75) is 31.8 Å². The molecule has 0 fully saturated rings. The van der Waals surface area contributed by atoms with E-state index in [4.69, 9.17) is 39.5 Å². The summed E-state index contributed by atoms with van der Waals surface area (Å²) >= 11 is 18.2. The average Bonchev–Trinajstić information content (AvgIpc) is 2.75. The summed E-state index contributed by atoms with van der Waals surface area (Å²) in [5.41, 5.74) is 2.28. The van der Waals surface area contributed by atoms with Gasteiger partial charge in [0.15, 0.2) is 6.10 Å². The third-order valence-corrected chi connectivity index (χ3v) is 7.52. The first-order valence-electron chi connectivity index (χ1n) is 9.79. The van der Waals surface area contributed by atoms with Crippen molar-refractivity contribution in [3.05, 3.63) is 80.8 Å². The maximum absolute atomic E-state index is 12.7. The molecule has 0 aromatic heterocycles. The summed E-state index contributed by atoms with van der Waals surface area (Å²) in [6, 6.07) is 13.9. The van der Waals surface area contributed by atoms with Crippen molar-refractivity contribution >= 4 is 62.1 Å². The Kier molecular flexibility index (Phi) is 7.80. The van der Waals surface area contributed by atoms with Crippen LogP contribution in [0.3, 0.4) is 0 Å². The number of carbonyl (C=O) groups is 1. The van der Waals surface area contributed by atoms with Gasteiger partial charge in [-0.05, 0) is 80.4 Å². The summed E-state index contributed by atoms with van der Waals surface area (Å²) in [4.78, 5) is 12.5. The summed E-state index contributed by atoms with van der Waals surface area (Å²) in [6.07, 6.45) is -0.792. The van der Waals surface area contributed by atoms with Crippen molar-refractivity contribution in [3.63, 3.8) is 0 Å². The van der Waals surface area contributed by atoms with Gasteiger partial charge in [-0.15, -0.1) is 0 Å². The molecule has 1 atom stereocenters. The molecule has 174 valence electrons. The van der Waals surface area contributed by atoms with Gasteiger partial charge in [-0.25, -0.2) is 8.42 Å². The summed E-state index contributed by atoms with van der Waals surface area (Å²) in [5, 5.41) is 3.69. The Morgan fingerprint density at radius 1 is 0.939 bits per heavy atom. The zero-order valence-electron chi connectivity index (χ0n) is 17.9. The fraction of sp³-hybridized carbons (Fsp3) is 0.174. The van der Waals surface area contributed by atoms with E-state index in [-0.39, 0.29) is 26.5 Å². The van der Waals surface area contributed by atoms with Crippen LogP contribution in [0.4, 0.5) is 11.4 Å². The third kappa shape index (κ3) is 6.12. The lowest BCUT2D eigenvalue weighted by Crippen LogP contribution is -2.30. The molecule has 0 radical (unpaired) electrons. The van der Waals surface area contributed by atoms with E-state index < -0.39 is 16.1 Å². The van der Waals surface area contributed by atoms with E-state index in [1.54, 1.807) is 31.2 Å². The highest BCUT2D eigenvalue weighted by molar-refractivity contribution is 7.92. The van der Waals surface area contributed by atoms with Crippen molar-refractivity contribution in [1.82, 2.24) is 0 Å². The first kappa shape index (κ1) is 25.2. The minimum absolute atomic E-state index is 0.00652. The van der Waals surface area contributed by atoms with Gasteiger partial charge in [-0.3, -0.25) is 9.52 Å². The molecule has 0 heterocycles. The molecule has 0 saturated carbocycles. The Morgan fingerprint density at radius 3 is 2.15 bits per heavy atom. The number of nitrogens with one attached hydrogen (secondary N) is 2. The molecule has 0 aliphatic heterocycles. The normalized spacial score (nSPS) is 12.2. The molecule has 3 aromatic rings. The predicted octanol–water partition coefficient (Wildman–Crippen LogP) is 6.47. The number of sulfonamides is 1. The van der Waals surface area contributed by atoms with Crippen LogP contribution in [-0.2, 0) is 14.8 Å². The first-order chi connectivity index (χ1) is 15.5. The highest BCUT2D eigenvalue weighted by Gasteiger charge is 2.19. The van der Waals surface area contributed by atoms with Crippen LogP contribution in [-0.4, -0.2) is 20.4 Å². The maximum Gasteiger partial charge on any atom is 0.265 e. The molecule has 3 aromatic carbocycles. The molecule has 0 saturated heterocycles. The molecule has 0 bridgehead atoms. The summed E-state index contributed by atoms with van der Waals surface area (Å²) in [7, 11) is -3.91. The van der Waals surface area contributed by atoms with Crippen LogP contribution in [0, 0.1) is 13.8 Å². The molecule has 2 N–H and O–H groups in total. The van der Waals surface area contributed by atoms with Crippen molar-refractivity contribution in [3.8, 4) is 5.75 Å². The number of hydrogen-bond donors (Lipinski definition) is 2. The Labute approximate surface area is 207 Å². The van der Waals surface area contributed by atoms with Gasteiger partial charge in [0.25, 0.3) is 15.9 Å². The number of amides is 1. The Bertz CT molecular complexity index is 1270. The smallest absolute Gasteiger partial charge is 0.265 e. The minimum Gasteiger partial charge on any atom is -0.481 e. The Hall–Kier alpha value is -2.45. The lowest BCUT2D eigenvalue weighted by molar-refractivity contribution is -0.122. The minimum atomic E-state index is -3.91. The van der Waals surface area contributed by atoms with Crippen LogP contribution in [0.25, 0.3) is 0 Å². The van der Waals surface area contributed by atoms with Gasteiger partial charge in [0.2, 0.25) is 0 Å². The number of ether oxygens (including phenoxy) is 1. The first-order valence-corrected chi connectivity index (χ1v) is 12.4. The summed E-state index contributed by atoms with van der Waals surface area (Å²) < 4.78 is 33.5. The quantitative estimate of drug-likeness (QED) is 0.369. The van der Waals surface area contributed by atoms with E-state index in [1.807, 2.05) is 13.8 Å². The van der Waals surface area contributed by atoms with Gasteiger partial charge in [0, 0.05) is 10.7 Å². The van der Waals surface area contributed by atoms with E-state index in [0.29, 0.717) is 16.5 Å². The van der Waals surface area contributed by atoms with Gasteiger partial charge >= 0.3 is 0 Å². The molecule has 0 unspecified atom stereocenters. The zero-order valence-corrected chi connectivity index (χ0v) is 21.0. The second-order valence-corrected chi connectivity index (χ2v) is 10.2. The highest BCUT2D eigenvalue weighted by atomic mass is 35.5. The second-order valence-electron chi connectivity index (χ2n) is 7.35. The van der Waals surface area contributed by atoms with Gasteiger partial charge in [0.1, 0.15) is 5.75 Å². The van der Waals surface area contributed by atoms with Crippen LogP contribution in [0.1, 0.15) is 18.1 Å². The SMILES string of the molecule is Cc1cc(O[C@@H](C)C(=O)Nc2ccc(S(=O)(=O)Nc3cccc(Cl)c3Cl)cc2)cc(C)c1Cl. The molecule has 3 rings (SSSR count). The van der Waals surface area contributed by atoms with E-state index in [9.17, 15) is 13.2 Å². The summed E-state index contributed by atoms with van der Waals surface area (Å²) in [5.74, 6) is 0.143. The molecular formula is C23H21Cl3N2O4S. The highest BCUT2D eigenvalue weighted by Crippen LogP contribution is 2.31. The van der Waals surface area contributed by atoms with Crippen LogP contribution in [0.2, 0.25) is 15.1 Å². The van der Waals surface area contributed by atoms with Gasteiger partial charge in [-0.2, -0.15) is 0 Å². The standard InChI is InChI=1S/C23H21Cl3N2O4S/c1-13-11-17(12-14(2)21(13)25)32-15(3)23(29)27-16-7-9-18(10-8-16)33(30,31)28-20-6-4-5-19(24)22(20)26/h4-12,15,28H,1-3H3,(H,27,29)/t15-/m0/s1. The predicted molar refractivity (Wildman–Crippen MR) is 133 cm³/mol. The van der Waals surface area contributed by atoms with E-state index in [2.05, 4.69) is 10.0 Å². The van der Waals surface area contributed by atoms with E-state index >= 15 is 0 Å². The topological polar surface area (TPSA) is 84.5 Å². The molecule has 10 heteroatoms. The van der Waals surface area contributed by atoms with Crippen LogP contribution < -0.4 is 14.8 Å². The van der Waals surface area contributed by atoms with Crippen LogP contribution >= 0.6 is 34.8 Å². The number of rotatable bonds is 7.